The number of anilines is 1. The third-order valence-electron chi connectivity index (χ3n) is 3.50. The Kier molecular flexibility index (Phi) is 4.26. The monoisotopic (exact) mass is 323 g/mol. The second-order valence-electron chi connectivity index (χ2n) is 5.05. The zero-order valence-corrected chi connectivity index (χ0v) is 13.2. The number of pyridine rings is 1. The molecule has 0 bridgehead atoms. The third kappa shape index (κ3) is 3.17. The Hall–Kier alpha value is -2.84. The van der Waals surface area contributed by atoms with Crippen molar-refractivity contribution in [2.45, 2.75) is 6.04 Å². The first-order valence-corrected chi connectivity index (χ1v) is 7.41. The van der Waals surface area contributed by atoms with E-state index in [1.165, 1.54) is 6.20 Å². The molecule has 0 spiro atoms. The number of nitriles is 1. The van der Waals surface area contributed by atoms with E-state index >= 15 is 0 Å². The number of nitrogens with zero attached hydrogens (tertiary/aromatic N) is 4. The zero-order valence-electron chi connectivity index (χ0n) is 12.4. The molecule has 0 fully saturated rings. The topological polar surface area (TPSA) is 66.5 Å². The molecule has 5 nitrogen and oxygen atoms in total. The first-order valence-electron chi connectivity index (χ1n) is 7.03. The van der Waals surface area contributed by atoms with Crippen molar-refractivity contribution in [1.29, 1.82) is 5.26 Å². The van der Waals surface area contributed by atoms with Gasteiger partial charge in [-0.15, -0.1) is 0 Å². The molecule has 1 unspecified atom stereocenters. The number of halogens is 1. The maximum atomic E-state index is 8.92. The van der Waals surface area contributed by atoms with Crippen LogP contribution in [0.3, 0.4) is 0 Å². The molecule has 23 heavy (non-hydrogen) atoms. The number of aromatic nitrogens is 3. The molecule has 6 heteroatoms. The van der Waals surface area contributed by atoms with E-state index in [4.69, 9.17) is 16.9 Å². The molecule has 1 aromatic carbocycles. The number of rotatable bonds is 4. The normalized spacial score (nSPS) is 11.7. The maximum Gasteiger partial charge on any atom is 0.145 e. The molecular weight excluding hydrogens is 310 g/mol. The standard InChI is InChI=1S/C17H14ClN5/c1-23-8-7-20-17(23)15(13-5-3-2-4-6-13)22-16-14(18)9-12(10-19)11-21-16/h2-9,11,15H,1H3,(H,21,22). The first kappa shape index (κ1) is 15.1. The molecule has 1 atom stereocenters. The van der Waals surface area contributed by atoms with Crippen molar-refractivity contribution in [2.75, 3.05) is 5.32 Å². The number of nitrogens with one attached hydrogen (secondary N) is 1. The summed E-state index contributed by atoms with van der Waals surface area (Å²) < 4.78 is 1.95. The summed E-state index contributed by atoms with van der Waals surface area (Å²) in [6.07, 6.45) is 5.14. The second kappa shape index (κ2) is 6.51. The molecule has 1 N–H and O–H groups in total. The Bertz CT molecular complexity index is 851. The van der Waals surface area contributed by atoms with Crippen LogP contribution in [0.5, 0.6) is 0 Å². The fraction of sp³-hybridized carbons (Fsp3) is 0.118. The van der Waals surface area contributed by atoms with Crippen LogP contribution in [-0.2, 0) is 7.05 Å². The predicted octanol–water partition coefficient (Wildman–Crippen LogP) is 3.54. The van der Waals surface area contributed by atoms with Crippen LogP contribution in [0.1, 0.15) is 23.0 Å². The molecule has 0 aliphatic rings. The van der Waals surface area contributed by atoms with Crippen molar-refractivity contribution in [3.8, 4) is 6.07 Å². The van der Waals surface area contributed by atoms with Gasteiger partial charge in [-0.25, -0.2) is 9.97 Å². The molecule has 0 saturated heterocycles. The quantitative estimate of drug-likeness (QED) is 0.797. The zero-order chi connectivity index (χ0) is 16.2. The highest BCUT2D eigenvalue weighted by atomic mass is 35.5. The van der Waals surface area contributed by atoms with Crippen molar-refractivity contribution in [1.82, 2.24) is 14.5 Å². The van der Waals surface area contributed by atoms with Crippen LogP contribution in [-0.4, -0.2) is 14.5 Å². The van der Waals surface area contributed by atoms with Gasteiger partial charge < -0.3 is 9.88 Å². The fourth-order valence-electron chi connectivity index (χ4n) is 2.34. The highest BCUT2D eigenvalue weighted by Crippen LogP contribution is 2.28. The van der Waals surface area contributed by atoms with Crippen molar-refractivity contribution >= 4 is 17.4 Å². The summed E-state index contributed by atoms with van der Waals surface area (Å²) in [4.78, 5) is 8.68. The minimum absolute atomic E-state index is 0.200. The second-order valence-corrected chi connectivity index (χ2v) is 5.46. The summed E-state index contributed by atoms with van der Waals surface area (Å²) in [5.74, 6) is 1.36. The van der Waals surface area contributed by atoms with Crippen molar-refractivity contribution in [3.05, 3.63) is 77.0 Å². The Balaban J connectivity index is 2.01. The number of hydrogen-bond acceptors (Lipinski definition) is 4. The van der Waals surface area contributed by atoms with Gasteiger partial charge >= 0.3 is 0 Å². The van der Waals surface area contributed by atoms with E-state index in [9.17, 15) is 0 Å². The first-order chi connectivity index (χ1) is 11.2. The van der Waals surface area contributed by atoms with Crippen LogP contribution >= 0.6 is 11.6 Å². The highest BCUT2D eigenvalue weighted by Gasteiger charge is 2.19. The van der Waals surface area contributed by atoms with Crippen molar-refractivity contribution in [2.24, 2.45) is 7.05 Å². The summed E-state index contributed by atoms with van der Waals surface area (Å²) in [6, 6.07) is 13.4. The summed E-state index contributed by atoms with van der Waals surface area (Å²) in [7, 11) is 1.94. The molecule has 0 amide bonds. The smallest absolute Gasteiger partial charge is 0.145 e. The highest BCUT2D eigenvalue weighted by molar-refractivity contribution is 6.33. The number of hydrogen-bond donors (Lipinski definition) is 1. The summed E-state index contributed by atoms with van der Waals surface area (Å²) >= 11 is 6.24. The summed E-state index contributed by atoms with van der Waals surface area (Å²) in [5, 5.41) is 12.6. The lowest BCUT2D eigenvalue weighted by molar-refractivity contribution is 0.745. The maximum absolute atomic E-state index is 8.92. The SMILES string of the molecule is Cn1ccnc1C(Nc1ncc(C#N)cc1Cl)c1ccccc1. The lowest BCUT2D eigenvalue weighted by atomic mass is 10.1. The van der Waals surface area contributed by atoms with Crippen molar-refractivity contribution < 1.29 is 0 Å². The Morgan fingerprint density at radius 1 is 1.26 bits per heavy atom. The lowest BCUT2D eigenvalue weighted by Gasteiger charge is -2.20. The molecular formula is C17H14ClN5. The van der Waals surface area contributed by atoms with Gasteiger partial charge in [0, 0.05) is 25.6 Å². The third-order valence-corrected chi connectivity index (χ3v) is 3.79. The van der Waals surface area contributed by atoms with Gasteiger partial charge in [0.05, 0.1) is 10.6 Å². The molecule has 0 aliphatic carbocycles. The van der Waals surface area contributed by atoms with Gasteiger partial charge in [-0.3, -0.25) is 0 Å². The molecule has 3 rings (SSSR count). The van der Waals surface area contributed by atoms with E-state index in [1.54, 1.807) is 12.3 Å². The molecule has 2 heterocycles. The van der Waals surface area contributed by atoms with Crippen LogP contribution in [0.4, 0.5) is 5.82 Å². The van der Waals surface area contributed by atoms with E-state index in [2.05, 4.69) is 15.3 Å². The molecule has 3 aromatic rings. The van der Waals surface area contributed by atoms with Gasteiger partial charge in [-0.2, -0.15) is 5.26 Å². The van der Waals surface area contributed by atoms with Gasteiger partial charge in [0.25, 0.3) is 0 Å². The van der Waals surface area contributed by atoms with Gasteiger partial charge in [0.2, 0.25) is 0 Å². The number of imidazole rings is 1. The molecule has 0 radical (unpaired) electrons. The van der Waals surface area contributed by atoms with Crippen molar-refractivity contribution in [3.63, 3.8) is 0 Å². The number of aryl methyl sites for hydroxylation is 1. The van der Waals surface area contributed by atoms with E-state index < -0.39 is 0 Å². The van der Waals surface area contributed by atoms with E-state index in [0.717, 1.165) is 11.4 Å². The Morgan fingerprint density at radius 3 is 2.65 bits per heavy atom. The summed E-state index contributed by atoms with van der Waals surface area (Å²) in [5.41, 5.74) is 1.47. The van der Waals surface area contributed by atoms with Crippen LogP contribution in [0.2, 0.25) is 5.02 Å². The van der Waals surface area contributed by atoms with E-state index in [1.807, 2.05) is 54.2 Å². The average Bonchev–Trinajstić information content (AvgIpc) is 3.00. The molecule has 2 aromatic heterocycles. The molecule has 0 saturated carbocycles. The Morgan fingerprint density at radius 2 is 2.04 bits per heavy atom. The lowest BCUT2D eigenvalue weighted by Crippen LogP contribution is -2.17. The number of benzene rings is 1. The minimum Gasteiger partial charge on any atom is -0.355 e. The van der Waals surface area contributed by atoms with Gasteiger partial charge in [-0.05, 0) is 11.6 Å². The van der Waals surface area contributed by atoms with E-state index in [0.29, 0.717) is 16.4 Å². The molecule has 0 aliphatic heterocycles. The summed E-state index contributed by atoms with van der Waals surface area (Å²) in [6.45, 7) is 0. The fourth-order valence-corrected chi connectivity index (χ4v) is 2.56. The van der Waals surface area contributed by atoms with Gasteiger partial charge in [0.15, 0.2) is 0 Å². The average molecular weight is 324 g/mol. The van der Waals surface area contributed by atoms with E-state index in [-0.39, 0.29) is 6.04 Å². The van der Waals surface area contributed by atoms with Gasteiger partial charge in [-0.1, -0.05) is 41.9 Å². The largest absolute Gasteiger partial charge is 0.355 e. The van der Waals surface area contributed by atoms with Crippen LogP contribution in [0.15, 0.2) is 55.0 Å². The predicted molar refractivity (Wildman–Crippen MR) is 89.1 cm³/mol. The van der Waals surface area contributed by atoms with Crippen LogP contribution < -0.4 is 5.32 Å². The molecule has 114 valence electrons. The van der Waals surface area contributed by atoms with Crippen LogP contribution in [0.25, 0.3) is 0 Å². The van der Waals surface area contributed by atoms with Gasteiger partial charge in [0.1, 0.15) is 23.8 Å². The van der Waals surface area contributed by atoms with Crippen LogP contribution in [0, 0.1) is 11.3 Å². The minimum atomic E-state index is -0.200. The Labute approximate surface area is 139 Å².